The van der Waals surface area contributed by atoms with E-state index in [0.717, 1.165) is 5.56 Å². The van der Waals surface area contributed by atoms with Crippen LogP contribution in [0.3, 0.4) is 0 Å². The third kappa shape index (κ3) is 4.15. The molecular weight excluding hydrogens is 298 g/mol. The van der Waals surface area contributed by atoms with Gasteiger partial charge in [-0.1, -0.05) is 56.6 Å². The van der Waals surface area contributed by atoms with Gasteiger partial charge in [-0.15, -0.1) is 0 Å². The molecule has 0 fully saturated rings. The van der Waals surface area contributed by atoms with Crippen molar-refractivity contribution in [1.29, 1.82) is 0 Å². The average molecular weight is 316 g/mol. The molecule has 0 unspecified atom stereocenters. The first-order valence-corrected chi connectivity index (χ1v) is 7.30. The minimum absolute atomic E-state index is 0.112. The highest BCUT2D eigenvalue weighted by Gasteiger charge is 2.12. The van der Waals surface area contributed by atoms with E-state index < -0.39 is 0 Å². The molecule has 0 aliphatic heterocycles. The van der Waals surface area contributed by atoms with Gasteiger partial charge < -0.3 is 0 Å². The van der Waals surface area contributed by atoms with Crippen molar-refractivity contribution in [2.24, 2.45) is 5.10 Å². The molecule has 0 saturated heterocycles. The van der Waals surface area contributed by atoms with Crippen LogP contribution in [0.4, 0.5) is 0 Å². The summed E-state index contributed by atoms with van der Waals surface area (Å²) in [4.78, 5) is 15.7. The van der Waals surface area contributed by atoms with Crippen molar-refractivity contribution < 1.29 is 4.79 Å². The highest BCUT2D eigenvalue weighted by atomic mass is 35.5. The van der Waals surface area contributed by atoms with Crippen molar-refractivity contribution in [3.8, 4) is 0 Å². The molecule has 1 aromatic heterocycles. The molecule has 0 aliphatic rings. The zero-order chi connectivity index (χ0) is 16.2. The van der Waals surface area contributed by atoms with Crippen LogP contribution in [0.15, 0.2) is 47.7 Å². The lowest BCUT2D eigenvalue weighted by Crippen LogP contribution is -2.18. The number of nitrogens with one attached hydrogen (secondary N) is 1. The summed E-state index contributed by atoms with van der Waals surface area (Å²) in [6, 6.07) is 11.3. The number of amides is 1. The summed E-state index contributed by atoms with van der Waals surface area (Å²) in [6.07, 6.45) is 3.12. The quantitative estimate of drug-likeness (QED) is 0.532. The zero-order valence-corrected chi connectivity index (χ0v) is 13.6. The Morgan fingerprint density at radius 3 is 2.50 bits per heavy atom. The Kier molecular flexibility index (Phi) is 4.93. The summed E-state index contributed by atoms with van der Waals surface area (Å²) < 4.78 is 0. The highest BCUT2D eigenvalue weighted by Crippen LogP contribution is 2.21. The Hall–Kier alpha value is -2.20. The van der Waals surface area contributed by atoms with Gasteiger partial charge in [0.1, 0.15) is 5.15 Å². The lowest BCUT2D eigenvalue weighted by Gasteiger charge is -2.18. The van der Waals surface area contributed by atoms with Gasteiger partial charge in [-0.05, 0) is 28.7 Å². The van der Waals surface area contributed by atoms with Crippen molar-refractivity contribution in [3.63, 3.8) is 0 Å². The molecule has 1 heterocycles. The number of hydrazone groups is 1. The second-order valence-corrected chi connectivity index (χ2v) is 6.27. The predicted octanol–water partition coefficient (Wildman–Crippen LogP) is 3.80. The second kappa shape index (κ2) is 6.71. The fraction of sp³-hybridized carbons (Fsp3) is 0.235. The number of rotatable bonds is 3. The maximum atomic E-state index is 11.9. The fourth-order valence-corrected chi connectivity index (χ4v) is 2.06. The van der Waals surface area contributed by atoms with Crippen LogP contribution >= 0.6 is 11.6 Å². The molecule has 4 nitrogen and oxygen atoms in total. The van der Waals surface area contributed by atoms with E-state index in [0.29, 0.717) is 5.56 Å². The van der Waals surface area contributed by atoms with Crippen molar-refractivity contribution >= 4 is 23.7 Å². The van der Waals surface area contributed by atoms with Gasteiger partial charge >= 0.3 is 0 Å². The number of nitrogens with zero attached hydrogens (tertiary/aromatic N) is 2. The molecule has 1 aromatic carbocycles. The highest BCUT2D eigenvalue weighted by molar-refractivity contribution is 6.32. The number of benzene rings is 1. The standard InChI is InChI=1S/C17H18ClN3O/c1-17(2,3)13-8-6-12(7-9-13)11-20-21-16(22)14-5-4-10-19-15(14)18/h4-11H,1-3H3,(H,21,22). The summed E-state index contributed by atoms with van der Waals surface area (Å²) in [5, 5.41) is 4.10. The lowest BCUT2D eigenvalue weighted by atomic mass is 9.87. The lowest BCUT2D eigenvalue weighted by molar-refractivity contribution is 0.0955. The molecule has 114 valence electrons. The summed E-state index contributed by atoms with van der Waals surface area (Å²) in [5.74, 6) is -0.388. The fourth-order valence-electron chi connectivity index (χ4n) is 1.85. The summed E-state index contributed by atoms with van der Waals surface area (Å²) >= 11 is 5.85. The number of aromatic nitrogens is 1. The van der Waals surface area contributed by atoms with Crippen LogP contribution in [0, 0.1) is 0 Å². The number of carbonyl (C=O) groups is 1. The largest absolute Gasteiger partial charge is 0.274 e. The minimum atomic E-state index is -0.388. The third-order valence-corrected chi connectivity index (χ3v) is 3.46. The first-order valence-electron chi connectivity index (χ1n) is 6.92. The van der Waals surface area contributed by atoms with Gasteiger partial charge in [0.25, 0.3) is 5.91 Å². The van der Waals surface area contributed by atoms with Crippen molar-refractivity contribution in [1.82, 2.24) is 10.4 Å². The van der Waals surface area contributed by atoms with Crippen LogP contribution in [0.2, 0.25) is 5.15 Å². The molecule has 0 aliphatic carbocycles. The van der Waals surface area contributed by atoms with E-state index in [1.54, 1.807) is 18.3 Å². The van der Waals surface area contributed by atoms with E-state index in [9.17, 15) is 4.79 Å². The Bertz CT molecular complexity index is 688. The van der Waals surface area contributed by atoms with Crippen LogP contribution < -0.4 is 5.43 Å². The zero-order valence-electron chi connectivity index (χ0n) is 12.8. The predicted molar refractivity (Wildman–Crippen MR) is 89.4 cm³/mol. The summed E-state index contributed by atoms with van der Waals surface area (Å²) in [5.41, 5.74) is 5.00. The van der Waals surface area contributed by atoms with Crippen molar-refractivity contribution in [2.75, 3.05) is 0 Å². The molecule has 0 radical (unpaired) electrons. The Balaban J connectivity index is 2.01. The van der Waals surface area contributed by atoms with Crippen molar-refractivity contribution in [2.45, 2.75) is 26.2 Å². The molecule has 0 saturated carbocycles. The maximum Gasteiger partial charge on any atom is 0.274 e. The maximum absolute atomic E-state index is 11.9. The molecule has 2 rings (SSSR count). The van der Waals surface area contributed by atoms with Gasteiger partial charge in [0, 0.05) is 6.20 Å². The smallest absolute Gasteiger partial charge is 0.267 e. The normalized spacial score (nSPS) is 11.6. The van der Waals surface area contributed by atoms with Crippen LogP contribution in [0.5, 0.6) is 0 Å². The number of hydrogen-bond donors (Lipinski definition) is 1. The van der Waals surface area contributed by atoms with E-state index in [2.05, 4.69) is 48.4 Å². The molecule has 0 atom stereocenters. The van der Waals surface area contributed by atoms with Crippen molar-refractivity contribution in [3.05, 3.63) is 64.4 Å². The average Bonchev–Trinajstić information content (AvgIpc) is 2.47. The molecule has 0 bridgehead atoms. The Labute approximate surface area is 135 Å². The van der Waals surface area contributed by atoms with Gasteiger partial charge in [0.2, 0.25) is 0 Å². The number of halogens is 1. The topological polar surface area (TPSA) is 54.4 Å². The molecule has 1 amide bonds. The summed E-state index contributed by atoms with van der Waals surface area (Å²) in [6.45, 7) is 6.48. The number of carbonyl (C=O) groups excluding carboxylic acids is 1. The monoisotopic (exact) mass is 315 g/mol. The van der Waals surface area contributed by atoms with Gasteiger partial charge in [-0.2, -0.15) is 5.10 Å². The minimum Gasteiger partial charge on any atom is -0.267 e. The van der Waals surface area contributed by atoms with Crippen LogP contribution in [-0.2, 0) is 5.41 Å². The first-order chi connectivity index (χ1) is 10.4. The summed E-state index contributed by atoms with van der Waals surface area (Å²) in [7, 11) is 0. The van der Waals surface area contributed by atoms with Crippen LogP contribution in [-0.4, -0.2) is 17.1 Å². The molecular formula is C17H18ClN3O. The third-order valence-electron chi connectivity index (χ3n) is 3.16. The first kappa shape index (κ1) is 16.2. The number of pyridine rings is 1. The molecule has 0 spiro atoms. The SMILES string of the molecule is CC(C)(C)c1ccc(C=NNC(=O)c2cccnc2Cl)cc1. The van der Waals surface area contributed by atoms with E-state index >= 15 is 0 Å². The number of hydrogen-bond acceptors (Lipinski definition) is 3. The molecule has 5 heteroatoms. The van der Waals surface area contributed by atoms with E-state index in [4.69, 9.17) is 11.6 Å². The van der Waals surface area contributed by atoms with E-state index in [-0.39, 0.29) is 16.5 Å². The van der Waals surface area contributed by atoms with Gasteiger partial charge in [-0.3, -0.25) is 4.79 Å². The van der Waals surface area contributed by atoms with Crippen LogP contribution in [0.1, 0.15) is 42.3 Å². The van der Waals surface area contributed by atoms with E-state index in [1.165, 1.54) is 11.8 Å². The molecule has 1 N–H and O–H groups in total. The van der Waals surface area contributed by atoms with Gasteiger partial charge in [-0.25, -0.2) is 10.4 Å². The van der Waals surface area contributed by atoms with Crippen LogP contribution in [0.25, 0.3) is 0 Å². The van der Waals surface area contributed by atoms with E-state index in [1.807, 2.05) is 12.1 Å². The Morgan fingerprint density at radius 2 is 1.91 bits per heavy atom. The Morgan fingerprint density at radius 1 is 1.23 bits per heavy atom. The molecule has 2 aromatic rings. The second-order valence-electron chi connectivity index (χ2n) is 5.91. The van der Waals surface area contributed by atoms with Gasteiger partial charge in [0.05, 0.1) is 11.8 Å². The molecule has 22 heavy (non-hydrogen) atoms. The van der Waals surface area contributed by atoms with Gasteiger partial charge in [0.15, 0.2) is 0 Å².